The zero-order valence-corrected chi connectivity index (χ0v) is 14.9. The minimum Gasteiger partial charge on any atom is -0.207 e. The SMILES string of the molecule is CCCCCc1ccc(-c2cc(F)c(CCCCC)cc2F)cc1. The van der Waals surface area contributed by atoms with Gasteiger partial charge in [0.2, 0.25) is 0 Å². The molecule has 2 heteroatoms. The molecule has 2 aromatic rings. The fourth-order valence-electron chi connectivity index (χ4n) is 3.00. The van der Waals surface area contributed by atoms with Crippen molar-refractivity contribution in [2.45, 2.75) is 65.2 Å². The molecule has 0 bridgehead atoms. The van der Waals surface area contributed by atoms with Gasteiger partial charge >= 0.3 is 0 Å². The van der Waals surface area contributed by atoms with Crippen LogP contribution in [0.1, 0.15) is 63.5 Å². The molecule has 0 radical (unpaired) electrons. The lowest BCUT2D eigenvalue weighted by atomic mass is 9.98. The molecule has 130 valence electrons. The molecular weight excluding hydrogens is 302 g/mol. The van der Waals surface area contributed by atoms with Gasteiger partial charge in [-0.15, -0.1) is 0 Å². The average molecular weight is 330 g/mol. The predicted octanol–water partition coefficient (Wildman–Crippen LogP) is 7.10. The third-order valence-corrected chi connectivity index (χ3v) is 4.52. The van der Waals surface area contributed by atoms with Crippen LogP contribution in [-0.2, 0) is 12.8 Å². The third kappa shape index (κ3) is 5.15. The molecule has 0 aliphatic heterocycles. The normalized spacial score (nSPS) is 11.0. The molecule has 0 spiro atoms. The van der Waals surface area contributed by atoms with Crippen LogP contribution < -0.4 is 0 Å². The van der Waals surface area contributed by atoms with Gasteiger partial charge in [-0.25, -0.2) is 8.78 Å². The summed E-state index contributed by atoms with van der Waals surface area (Å²) in [7, 11) is 0. The maximum absolute atomic E-state index is 14.4. The second-order valence-corrected chi connectivity index (χ2v) is 6.53. The highest BCUT2D eigenvalue weighted by molar-refractivity contribution is 5.65. The summed E-state index contributed by atoms with van der Waals surface area (Å²) < 4.78 is 28.7. The number of rotatable bonds is 9. The first-order valence-electron chi connectivity index (χ1n) is 9.23. The van der Waals surface area contributed by atoms with Crippen molar-refractivity contribution in [3.63, 3.8) is 0 Å². The second kappa shape index (κ2) is 9.56. The number of halogens is 2. The molecule has 0 unspecified atom stereocenters. The van der Waals surface area contributed by atoms with Gasteiger partial charge < -0.3 is 0 Å². The molecule has 2 rings (SSSR count). The minimum atomic E-state index is -0.332. The van der Waals surface area contributed by atoms with E-state index in [4.69, 9.17) is 0 Å². The molecule has 24 heavy (non-hydrogen) atoms. The van der Waals surface area contributed by atoms with Crippen molar-refractivity contribution in [1.82, 2.24) is 0 Å². The van der Waals surface area contributed by atoms with Crippen LogP contribution in [0, 0.1) is 11.6 Å². The van der Waals surface area contributed by atoms with Crippen molar-refractivity contribution in [3.05, 3.63) is 59.2 Å². The molecule has 0 N–H and O–H groups in total. The number of unbranched alkanes of at least 4 members (excludes halogenated alkanes) is 4. The van der Waals surface area contributed by atoms with Crippen LogP contribution in [0.5, 0.6) is 0 Å². The average Bonchev–Trinajstić information content (AvgIpc) is 2.59. The van der Waals surface area contributed by atoms with Gasteiger partial charge in [0.25, 0.3) is 0 Å². The number of benzene rings is 2. The van der Waals surface area contributed by atoms with E-state index < -0.39 is 0 Å². The van der Waals surface area contributed by atoms with Crippen LogP contribution in [0.3, 0.4) is 0 Å². The Kier molecular flexibility index (Phi) is 7.42. The Labute approximate surface area is 144 Å². The van der Waals surface area contributed by atoms with Gasteiger partial charge in [-0.3, -0.25) is 0 Å². The van der Waals surface area contributed by atoms with Crippen molar-refractivity contribution >= 4 is 0 Å². The number of aryl methyl sites for hydroxylation is 2. The van der Waals surface area contributed by atoms with Crippen molar-refractivity contribution in [1.29, 1.82) is 0 Å². The van der Waals surface area contributed by atoms with E-state index >= 15 is 0 Å². The molecule has 0 aromatic heterocycles. The zero-order valence-electron chi connectivity index (χ0n) is 14.9. The van der Waals surface area contributed by atoms with Crippen molar-refractivity contribution in [2.75, 3.05) is 0 Å². The van der Waals surface area contributed by atoms with Gasteiger partial charge in [-0.05, 0) is 54.5 Å². The van der Waals surface area contributed by atoms with E-state index in [0.717, 1.165) is 31.2 Å². The topological polar surface area (TPSA) is 0 Å². The lowest BCUT2D eigenvalue weighted by molar-refractivity contribution is 0.579. The highest BCUT2D eigenvalue weighted by atomic mass is 19.1. The molecule has 2 aromatic carbocycles. The second-order valence-electron chi connectivity index (χ2n) is 6.53. The molecule has 0 aliphatic carbocycles. The summed E-state index contributed by atoms with van der Waals surface area (Å²) in [5.74, 6) is -0.629. The van der Waals surface area contributed by atoms with Crippen LogP contribution in [0.4, 0.5) is 8.78 Å². The lowest BCUT2D eigenvalue weighted by Crippen LogP contribution is -1.96. The van der Waals surface area contributed by atoms with E-state index in [-0.39, 0.29) is 11.6 Å². The van der Waals surface area contributed by atoms with E-state index in [9.17, 15) is 8.78 Å². The lowest BCUT2D eigenvalue weighted by Gasteiger charge is -2.09. The Hall–Kier alpha value is -1.70. The smallest absolute Gasteiger partial charge is 0.131 e. The Bertz CT molecular complexity index is 629. The van der Waals surface area contributed by atoms with Crippen LogP contribution in [0.15, 0.2) is 36.4 Å². The van der Waals surface area contributed by atoms with E-state index in [1.807, 2.05) is 24.3 Å². The minimum absolute atomic E-state index is 0.297. The zero-order chi connectivity index (χ0) is 17.4. The number of hydrogen-bond donors (Lipinski definition) is 0. The predicted molar refractivity (Wildman–Crippen MR) is 98.3 cm³/mol. The summed E-state index contributed by atoms with van der Waals surface area (Å²) in [6.45, 7) is 4.29. The quantitative estimate of drug-likeness (QED) is 0.430. The highest BCUT2D eigenvalue weighted by Crippen LogP contribution is 2.27. The molecule has 0 fully saturated rings. The summed E-state index contributed by atoms with van der Waals surface area (Å²) in [5, 5.41) is 0. The monoisotopic (exact) mass is 330 g/mol. The van der Waals surface area contributed by atoms with Crippen LogP contribution in [0.2, 0.25) is 0 Å². The van der Waals surface area contributed by atoms with Gasteiger partial charge in [0.05, 0.1) is 0 Å². The Morgan fingerprint density at radius 1 is 0.708 bits per heavy atom. The molecule has 0 saturated carbocycles. The Morgan fingerprint density at radius 3 is 1.96 bits per heavy atom. The van der Waals surface area contributed by atoms with E-state index in [1.54, 1.807) is 0 Å². The van der Waals surface area contributed by atoms with E-state index in [0.29, 0.717) is 17.5 Å². The maximum atomic E-state index is 14.4. The van der Waals surface area contributed by atoms with Crippen molar-refractivity contribution < 1.29 is 8.78 Å². The number of hydrogen-bond acceptors (Lipinski definition) is 0. The Morgan fingerprint density at radius 2 is 1.33 bits per heavy atom. The van der Waals surface area contributed by atoms with Gasteiger partial charge in [-0.2, -0.15) is 0 Å². The summed E-state index contributed by atoms with van der Waals surface area (Å²) in [4.78, 5) is 0. The van der Waals surface area contributed by atoms with Crippen LogP contribution >= 0.6 is 0 Å². The first-order valence-corrected chi connectivity index (χ1v) is 9.23. The third-order valence-electron chi connectivity index (χ3n) is 4.52. The van der Waals surface area contributed by atoms with Crippen LogP contribution in [0.25, 0.3) is 11.1 Å². The van der Waals surface area contributed by atoms with Crippen LogP contribution in [-0.4, -0.2) is 0 Å². The highest BCUT2D eigenvalue weighted by Gasteiger charge is 2.11. The molecule has 0 atom stereocenters. The van der Waals surface area contributed by atoms with Crippen molar-refractivity contribution in [2.24, 2.45) is 0 Å². The molecule has 0 nitrogen and oxygen atoms in total. The first-order chi connectivity index (χ1) is 11.7. The molecule has 0 amide bonds. The van der Waals surface area contributed by atoms with Crippen molar-refractivity contribution in [3.8, 4) is 11.1 Å². The fraction of sp³-hybridized carbons (Fsp3) is 0.455. The molecule has 0 heterocycles. The molecular formula is C22H28F2. The van der Waals surface area contributed by atoms with Gasteiger partial charge in [0.15, 0.2) is 0 Å². The van der Waals surface area contributed by atoms with Gasteiger partial charge in [-0.1, -0.05) is 63.8 Å². The maximum Gasteiger partial charge on any atom is 0.131 e. The summed E-state index contributed by atoms with van der Waals surface area (Å²) in [6.07, 6.45) is 8.27. The first kappa shape index (κ1) is 18.6. The van der Waals surface area contributed by atoms with E-state index in [2.05, 4.69) is 13.8 Å². The standard InChI is InChI=1S/C22H28F2/c1-3-5-7-9-17-11-13-18(14-12-17)20-16-21(23)19(15-22(20)24)10-8-6-4-2/h11-16H,3-10H2,1-2H3. The van der Waals surface area contributed by atoms with Gasteiger partial charge in [0, 0.05) is 5.56 Å². The fourth-order valence-corrected chi connectivity index (χ4v) is 3.00. The van der Waals surface area contributed by atoms with E-state index in [1.165, 1.54) is 37.0 Å². The summed E-state index contributed by atoms with van der Waals surface area (Å²) in [5.41, 5.74) is 2.84. The Balaban J connectivity index is 2.12. The largest absolute Gasteiger partial charge is 0.207 e. The summed E-state index contributed by atoms with van der Waals surface area (Å²) >= 11 is 0. The van der Waals surface area contributed by atoms with Gasteiger partial charge in [0.1, 0.15) is 11.6 Å². The molecule has 0 saturated heterocycles. The summed E-state index contributed by atoms with van der Waals surface area (Å²) in [6, 6.07) is 10.6. The molecule has 0 aliphatic rings.